The fraction of sp³-hybridized carbons (Fsp3) is 0.364. The third-order valence-corrected chi connectivity index (χ3v) is 2.50. The van der Waals surface area contributed by atoms with Crippen molar-refractivity contribution in [3.63, 3.8) is 0 Å². The average molecular weight is 298 g/mol. The van der Waals surface area contributed by atoms with Crippen LogP contribution in [0.2, 0.25) is 0 Å². The molecular formula is C11H14N4O6. The molecule has 0 aliphatic heterocycles. The van der Waals surface area contributed by atoms with Crippen molar-refractivity contribution in [2.75, 3.05) is 33.1 Å². The highest BCUT2D eigenvalue weighted by Gasteiger charge is 2.21. The van der Waals surface area contributed by atoms with Gasteiger partial charge in [-0.25, -0.2) is 10.0 Å². The van der Waals surface area contributed by atoms with E-state index in [1.807, 2.05) is 0 Å². The van der Waals surface area contributed by atoms with Crippen LogP contribution in [-0.4, -0.2) is 54.7 Å². The molecule has 21 heavy (non-hydrogen) atoms. The Kier molecular flexibility index (Phi) is 5.55. The number of carbonyl (C=O) groups excluding carboxylic acids is 2. The second-order valence-electron chi connectivity index (χ2n) is 3.76. The fourth-order valence-corrected chi connectivity index (χ4v) is 1.34. The van der Waals surface area contributed by atoms with Crippen LogP contribution in [0.4, 0.5) is 11.5 Å². The summed E-state index contributed by atoms with van der Waals surface area (Å²) in [6.07, 6.45) is 1.14. The minimum Gasteiger partial charge on any atom is -0.468 e. The number of carbonyl (C=O) groups is 2. The smallest absolute Gasteiger partial charge is 0.325 e. The Morgan fingerprint density at radius 1 is 1.48 bits per heavy atom. The summed E-state index contributed by atoms with van der Waals surface area (Å²) in [7, 11) is 3.83. The Labute approximate surface area is 119 Å². The lowest BCUT2D eigenvalue weighted by molar-refractivity contribution is -0.384. The van der Waals surface area contributed by atoms with E-state index >= 15 is 0 Å². The molecule has 1 aromatic heterocycles. The van der Waals surface area contributed by atoms with E-state index in [9.17, 15) is 19.7 Å². The summed E-state index contributed by atoms with van der Waals surface area (Å²) >= 11 is 0. The molecule has 1 N–H and O–H groups in total. The third kappa shape index (κ3) is 4.11. The van der Waals surface area contributed by atoms with E-state index in [4.69, 9.17) is 4.84 Å². The van der Waals surface area contributed by atoms with Crippen LogP contribution in [0.5, 0.6) is 0 Å². The van der Waals surface area contributed by atoms with Crippen molar-refractivity contribution in [3.05, 3.63) is 27.9 Å². The number of esters is 1. The first-order chi connectivity index (χ1) is 9.90. The molecule has 1 rings (SSSR count). The highest BCUT2D eigenvalue weighted by Crippen LogP contribution is 2.23. The number of ether oxygens (including phenoxy) is 1. The summed E-state index contributed by atoms with van der Waals surface area (Å²) in [5.41, 5.74) is -0.455. The molecule has 1 amide bonds. The molecular weight excluding hydrogens is 284 g/mol. The fourth-order valence-electron chi connectivity index (χ4n) is 1.34. The van der Waals surface area contributed by atoms with Crippen LogP contribution in [0.1, 0.15) is 10.4 Å². The van der Waals surface area contributed by atoms with E-state index in [2.05, 4.69) is 15.0 Å². The van der Waals surface area contributed by atoms with Gasteiger partial charge in [-0.05, 0) is 0 Å². The van der Waals surface area contributed by atoms with Gasteiger partial charge in [-0.1, -0.05) is 0 Å². The summed E-state index contributed by atoms with van der Waals surface area (Å²) in [4.78, 5) is 41.6. The lowest BCUT2D eigenvalue weighted by Gasteiger charge is -2.13. The summed E-state index contributed by atoms with van der Waals surface area (Å²) in [6.45, 7) is -0.282. The van der Waals surface area contributed by atoms with E-state index in [1.54, 1.807) is 0 Å². The molecule has 0 saturated carbocycles. The summed E-state index contributed by atoms with van der Waals surface area (Å²) in [5.74, 6) is -1.33. The number of pyridine rings is 1. The molecule has 0 aromatic carbocycles. The van der Waals surface area contributed by atoms with Crippen LogP contribution >= 0.6 is 0 Å². The first-order valence-electron chi connectivity index (χ1n) is 5.68. The zero-order valence-corrected chi connectivity index (χ0v) is 11.7. The third-order valence-electron chi connectivity index (χ3n) is 2.50. The molecule has 0 aliphatic rings. The first kappa shape index (κ1) is 16.3. The Morgan fingerprint density at radius 2 is 2.14 bits per heavy atom. The van der Waals surface area contributed by atoms with Crippen LogP contribution in [0, 0.1) is 10.1 Å². The van der Waals surface area contributed by atoms with Gasteiger partial charge < -0.3 is 10.1 Å². The predicted octanol–water partition coefficient (Wildman–Crippen LogP) is 0.208. The van der Waals surface area contributed by atoms with E-state index in [0.717, 1.165) is 17.3 Å². The second-order valence-corrected chi connectivity index (χ2v) is 3.76. The quantitative estimate of drug-likeness (QED) is 0.449. The number of hydrogen-bond acceptors (Lipinski definition) is 8. The van der Waals surface area contributed by atoms with Crippen LogP contribution in [-0.2, 0) is 14.4 Å². The summed E-state index contributed by atoms with van der Waals surface area (Å²) in [6, 6.07) is 1.05. The molecule has 0 radical (unpaired) electrons. The van der Waals surface area contributed by atoms with Gasteiger partial charge in [0.25, 0.3) is 5.91 Å². The van der Waals surface area contributed by atoms with Crippen LogP contribution < -0.4 is 5.32 Å². The maximum absolute atomic E-state index is 11.8. The highest BCUT2D eigenvalue weighted by atomic mass is 16.7. The maximum atomic E-state index is 11.8. The molecule has 0 spiro atoms. The molecule has 114 valence electrons. The number of aromatic nitrogens is 1. The Bertz CT molecular complexity index is 562. The molecule has 10 heteroatoms. The van der Waals surface area contributed by atoms with E-state index in [1.165, 1.54) is 21.3 Å². The molecule has 0 aliphatic carbocycles. The Morgan fingerprint density at radius 3 is 2.67 bits per heavy atom. The summed E-state index contributed by atoms with van der Waals surface area (Å²) < 4.78 is 4.40. The van der Waals surface area contributed by atoms with Crippen LogP contribution in [0.15, 0.2) is 12.3 Å². The van der Waals surface area contributed by atoms with Gasteiger partial charge in [-0.15, -0.1) is 0 Å². The molecule has 0 saturated heterocycles. The SMILES string of the molecule is COC(=O)CNc1ncc(C(=O)N(C)OC)cc1[N+](=O)[O-]. The minimum atomic E-state index is -0.712. The number of nitrogens with one attached hydrogen (secondary N) is 1. The summed E-state index contributed by atoms with van der Waals surface area (Å²) in [5, 5.41) is 14.4. The molecule has 0 fully saturated rings. The number of nitro groups is 1. The second kappa shape index (κ2) is 7.14. The normalized spacial score (nSPS) is 9.86. The highest BCUT2D eigenvalue weighted by molar-refractivity contribution is 5.94. The van der Waals surface area contributed by atoms with E-state index < -0.39 is 22.5 Å². The van der Waals surface area contributed by atoms with Crippen molar-refractivity contribution in [2.24, 2.45) is 0 Å². The number of anilines is 1. The van der Waals surface area contributed by atoms with Gasteiger partial charge >= 0.3 is 11.7 Å². The van der Waals surface area contributed by atoms with Gasteiger partial charge in [0.05, 0.1) is 24.7 Å². The number of methoxy groups -OCH3 is 1. The van der Waals surface area contributed by atoms with Gasteiger partial charge in [0.1, 0.15) is 6.54 Å². The van der Waals surface area contributed by atoms with Crippen molar-refractivity contribution in [2.45, 2.75) is 0 Å². The van der Waals surface area contributed by atoms with Crippen molar-refractivity contribution >= 4 is 23.4 Å². The monoisotopic (exact) mass is 298 g/mol. The number of nitrogens with zero attached hydrogens (tertiary/aromatic N) is 3. The predicted molar refractivity (Wildman–Crippen MR) is 70.5 cm³/mol. The molecule has 0 bridgehead atoms. The number of hydroxylamine groups is 2. The number of rotatable bonds is 6. The minimum absolute atomic E-state index is 0.0188. The molecule has 1 heterocycles. The number of hydrogen-bond donors (Lipinski definition) is 1. The van der Waals surface area contributed by atoms with Gasteiger partial charge in [0.15, 0.2) is 0 Å². The van der Waals surface area contributed by atoms with E-state index in [0.29, 0.717) is 0 Å². The lowest BCUT2D eigenvalue weighted by atomic mass is 10.2. The largest absolute Gasteiger partial charge is 0.468 e. The standard InChI is InChI=1S/C11H14N4O6/c1-14(21-3)11(17)7-4-8(15(18)19)10(12-5-7)13-6-9(16)20-2/h4-5H,6H2,1-3H3,(H,12,13). The molecule has 0 unspecified atom stereocenters. The number of amides is 1. The Hall–Kier alpha value is -2.75. The Balaban J connectivity index is 3.05. The lowest BCUT2D eigenvalue weighted by Crippen LogP contribution is -2.25. The van der Waals surface area contributed by atoms with Gasteiger partial charge in [0, 0.05) is 19.3 Å². The average Bonchev–Trinajstić information content (AvgIpc) is 2.50. The zero-order chi connectivity index (χ0) is 16.0. The van der Waals surface area contributed by atoms with Crippen molar-refractivity contribution in [1.82, 2.24) is 10.0 Å². The molecule has 0 atom stereocenters. The van der Waals surface area contributed by atoms with Gasteiger partial charge in [-0.3, -0.25) is 24.5 Å². The molecule has 1 aromatic rings. The van der Waals surface area contributed by atoms with Gasteiger partial charge in [-0.2, -0.15) is 0 Å². The van der Waals surface area contributed by atoms with Gasteiger partial charge in [0.2, 0.25) is 5.82 Å². The van der Waals surface area contributed by atoms with Crippen molar-refractivity contribution in [3.8, 4) is 0 Å². The molecule has 10 nitrogen and oxygen atoms in total. The maximum Gasteiger partial charge on any atom is 0.325 e. The van der Waals surface area contributed by atoms with E-state index in [-0.39, 0.29) is 17.9 Å². The van der Waals surface area contributed by atoms with Crippen molar-refractivity contribution < 1.29 is 24.1 Å². The first-order valence-corrected chi connectivity index (χ1v) is 5.68. The topological polar surface area (TPSA) is 124 Å². The van der Waals surface area contributed by atoms with Crippen molar-refractivity contribution in [1.29, 1.82) is 0 Å². The van der Waals surface area contributed by atoms with Crippen LogP contribution in [0.3, 0.4) is 0 Å². The zero-order valence-electron chi connectivity index (χ0n) is 11.7. The van der Waals surface area contributed by atoms with Crippen LogP contribution in [0.25, 0.3) is 0 Å².